The second kappa shape index (κ2) is 8.22. The lowest BCUT2D eigenvalue weighted by Crippen LogP contribution is -2.37. The maximum absolute atomic E-state index is 11.8. The van der Waals surface area contributed by atoms with Crippen molar-refractivity contribution in [2.45, 2.75) is 26.9 Å². The van der Waals surface area contributed by atoms with Gasteiger partial charge in [0.1, 0.15) is 11.5 Å². The molecule has 0 saturated heterocycles. The molecule has 0 unspecified atom stereocenters. The van der Waals surface area contributed by atoms with E-state index < -0.39 is 11.8 Å². The quantitative estimate of drug-likeness (QED) is 0.395. The van der Waals surface area contributed by atoms with E-state index in [2.05, 4.69) is 20.4 Å². The first-order chi connectivity index (χ1) is 13.0. The van der Waals surface area contributed by atoms with E-state index in [9.17, 15) is 9.59 Å². The topological polar surface area (TPSA) is 102 Å². The van der Waals surface area contributed by atoms with Gasteiger partial charge in [0.2, 0.25) is 0 Å². The van der Waals surface area contributed by atoms with E-state index in [1.807, 2.05) is 32.0 Å². The van der Waals surface area contributed by atoms with Crippen LogP contribution in [0.2, 0.25) is 0 Å². The molecule has 0 bridgehead atoms. The molecule has 8 heteroatoms. The molecule has 0 fully saturated rings. The first-order valence-electron chi connectivity index (χ1n) is 8.37. The predicted octanol–water partition coefficient (Wildman–Crippen LogP) is 2.11. The SMILES string of the molecule is Cc1cc(/C=N\NC(=O)C(=O)NCc2ccco2)c(C)n1Cc1ccco1. The number of carbonyl (C=O) groups is 2. The number of nitrogens with one attached hydrogen (secondary N) is 2. The van der Waals surface area contributed by atoms with Gasteiger partial charge in [0.15, 0.2) is 0 Å². The lowest BCUT2D eigenvalue weighted by atomic mass is 10.3. The smallest absolute Gasteiger partial charge is 0.329 e. The summed E-state index contributed by atoms with van der Waals surface area (Å²) in [7, 11) is 0. The Balaban J connectivity index is 1.56. The largest absolute Gasteiger partial charge is 0.467 e. The van der Waals surface area contributed by atoms with Crippen LogP contribution in [-0.4, -0.2) is 22.6 Å². The van der Waals surface area contributed by atoms with Crippen molar-refractivity contribution in [3.63, 3.8) is 0 Å². The van der Waals surface area contributed by atoms with Gasteiger partial charge in [-0.2, -0.15) is 5.10 Å². The van der Waals surface area contributed by atoms with Gasteiger partial charge in [-0.3, -0.25) is 9.59 Å². The molecule has 0 aromatic carbocycles. The Morgan fingerprint density at radius 1 is 1.11 bits per heavy atom. The Kier molecular flexibility index (Phi) is 5.55. The summed E-state index contributed by atoms with van der Waals surface area (Å²) < 4.78 is 12.5. The van der Waals surface area contributed by atoms with Crippen molar-refractivity contribution in [3.05, 3.63) is 71.3 Å². The molecule has 0 aliphatic rings. The van der Waals surface area contributed by atoms with E-state index in [0.29, 0.717) is 12.3 Å². The van der Waals surface area contributed by atoms with E-state index in [1.165, 1.54) is 12.5 Å². The Labute approximate surface area is 155 Å². The van der Waals surface area contributed by atoms with Gasteiger partial charge in [-0.05, 0) is 44.2 Å². The van der Waals surface area contributed by atoms with Gasteiger partial charge in [-0.15, -0.1) is 0 Å². The Bertz CT molecular complexity index is 937. The fourth-order valence-corrected chi connectivity index (χ4v) is 2.63. The molecule has 3 aromatic heterocycles. The highest BCUT2D eigenvalue weighted by atomic mass is 16.3. The molecule has 0 saturated carbocycles. The van der Waals surface area contributed by atoms with Gasteiger partial charge in [-0.1, -0.05) is 0 Å². The van der Waals surface area contributed by atoms with Crippen molar-refractivity contribution < 1.29 is 18.4 Å². The number of hydrazone groups is 1. The average Bonchev–Trinajstić information content (AvgIpc) is 3.39. The van der Waals surface area contributed by atoms with Crippen molar-refractivity contribution in [2.75, 3.05) is 0 Å². The number of nitrogens with zero attached hydrogens (tertiary/aromatic N) is 2. The standard InChI is InChI=1S/C19H20N4O4/c1-13-9-15(14(2)23(13)12-17-6-4-8-27-17)10-21-22-19(25)18(24)20-11-16-5-3-7-26-16/h3-10H,11-12H2,1-2H3,(H,20,24)(H,22,25)/b21-10-. The van der Waals surface area contributed by atoms with E-state index in [4.69, 9.17) is 8.83 Å². The second-order valence-corrected chi connectivity index (χ2v) is 5.95. The fourth-order valence-electron chi connectivity index (χ4n) is 2.63. The first kappa shape index (κ1) is 18.2. The molecule has 0 radical (unpaired) electrons. The molecule has 3 rings (SSSR count). The fraction of sp³-hybridized carbons (Fsp3) is 0.211. The average molecular weight is 368 g/mol. The summed E-state index contributed by atoms with van der Waals surface area (Å²) in [4.78, 5) is 23.5. The molecule has 0 aliphatic carbocycles. The highest BCUT2D eigenvalue weighted by molar-refractivity contribution is 6.35. The summed E-state index contributed by atoms with van der Waals surface area (Å²) in [6.07, 6.45) is 4.64. The van der Waals surface area contributed by atoms with Gasteiger partial charge in [-0.25, -0.2) is 5.43 Å². The van der Waals surface area contributed by atoms with Crippen molar-refractivity contribution >= 4 is 18.0 Å². The molecule has 8 nitrogen and oxygen atoms in total. The third-order valence-corrected chi connectivity index (χ3v) is 4.09. The number of aryl methyl sites for hydroxylation is 1. The van der Waals surface area contributed by atoms with Crippen LogP contribution < -0.4 is 10.7 Å². The lowest BCUT2D eigenvalue weighted by Gasteiger charge is -2.07. The van der Waals surface area contributed by atoms with Crippen molar-refractivity contribution in [1.82, 2.24) is 15.3 Å². The highest BCUT2D eigenvalue weighted by Crippen LogP contribution is 2.15. The molecule has 140 valence electrons. The number of amides is 2. The van der Waals surface area contributed by atoms with Gasteiger partial charge in [0.05, 0.1) is 31.8 Å². The summed E-state index contributed by atoms with van der Waals surface area (Å²) >= 11 is 0. The van der Waals surface area contributed by atoms with E-state index in [0.717, 1.165) is 22.7 Å². The Hall–Kier alpha value is -3.55. The Morgan fingerprint density at radius 2 is 1.81 bits per heavy atom. The summed E-state index contributed by atoms with van der Waals surface area (Å²) in [5.74, 6) is -0.223. The third-order valence-electron chi connectivity index (χ3n) is 4.09. The van der Waals surface area contributed by atoms with Crippen LogP contribution in [-0.2, 0) is 22.7 Å². The molecule has 0 spiro atoms. The van der Waals surface area contributed by atoms with E-state index in [1.54, 1.807) is 18.4 Å². The third kappa shape index (κ3) is 4.55. The van der Waals surface area contributed by atoms with Crippen LogP contribution in [0.5, 0.6) is 0 Å². The van der Waals surface area contributed by atoms with Crippen molar-refractivity contribution in [1.29, 1.82) is 0 Å². The van der Waals surface area contributed by atoms with Gasteiger partial charge in [0.25, 0.3) is 0 Å². The van der Waals surface area contributed by atoms with Crippen LogP contribution in [0.4, 0.5) is 0 Å². The zero-order valence-electron chi connectivity index (χ0n) is 15.1. The minimum atomic E-state index is -0.845. The van der Waals surface area contributed by atoms with E-state index in [-0.39, 0.29) is 6.54 Å². The second-order valence-electron chi connectivity index (χ2n) is 5.95. The number of hydrogen-bond acceptors (Lipinski definition) is 5. The lowest BCUT2D eigenvalue weighted by molar-refractivity contribution is -0.139. The highest BCUT2D eigenvalue weighted by Gasteiger charge is 2.13. The van der Waals surface area contributed by atoms with Gasteiger partial charge in [0, 0.05) is 17.0 Å². The molecular formula is C19H20N4O4. The molecule has 2 amide bonds. The minimum absolute atomic E-state index is 0.136. The first-order valence-corrected chi connectivity index (χ1v) is 8.37. The number of furan rings is 2. The summed E-state index contributed by atoms with van der Waals surface area (Å²) in [6, 6.07) is 9.11. The van der Waals surface area contributed by atoms with Crippen molar-refractivity contribution in [2.24, 2.45) is 5.10 Å². The van der Waals surface area contributed by atoms with Crippen LogP contribution >= 0.6 is 0 Å². The van der Waals surface area contributed by atoms with Crippen LogP contribution in [0.25, 0.3) is 0 Å². The maximum Gasteiger partial charge on any atom is 0.329 e. The van der Waals surface area contributed by atoms with Crippen LogP contribution in [0, 0.1) is 13.8 Å². The zero-order chi connectivity index (χ0) is 19.2. The normalized spacial score (nSPS) is 11.0. The van der Waals surface area contributed by atoms with Crippen LogP contribution in [0.3, 0.4) is 0 Å². The predicted molar refractivity (Wildman–Crippen MR) is 98.0 cm³/mol. The monoisotopic (exact) mass is 368 g/mol. The molecular weight excluding hydrogens is 348 g/mol. The molecule has 3 aromatic rings. The van der Waals surface area contributed by atoms with Crippen LogP contribution in [0.15, 0.2) is 56.8 Å². The van der Waals surface area contributed by atoms with Gasteiger partial charge < -0.3 is 18.7 Å². The summed E-state index contributed by atoms with van der Waals surface area (Å²) in [6.45, 7) is 4.68. The number of aromatic nitrogens is 1. The molecule has 2 N–H and O–H groups in total. The number of rotatable bonds is 6. The summed E-state index contributed by atoms with van der Waals surface area (Å²) in [5, 5.41) is 6.32. The zero-order valence-corrected chi connectivity index (χ0v) is 15.1. The number of hydrogen-bond donors (Lipinski definition) is 2. The number of carbonyl (C=O) groups excluding carboxylic acids is 2. The molecule has 0 atom stereocenters. The van der Waals surface area contributed by atoms with Crippen molar-refractivity contribution in [3.8, 4) is 0 Å². The molecule has 27 heavy (non-hydrogen) atoms. The molecule has 3 heterocycles. The minimum Gasteiger partial charge on any atom is -0.467 e. The molecule has 0 aliphatic heterocycles. The van der Waals surface area contributed by atoms with Gasteiger partial charge >= 0.3 is 11.8 Å². The van der Waals surface area contributed by atoms with E-state index >= 15 is 0 Å². The summed E-state index contributed by atoms with van der Waals surface area (Å²) in [5.41, 5.74) is 5.08. The van der Waals surface area contributed by atoms with Crippen LogP contribution in [0.1, 0.15) is 28.5 Å². The maximum atomic E-state index is 11.8. The Morgan fingerprint density at radius 3 is 2.48 bits per heavy atom.